The van der Waals surface area contributed by atoms with Crippen molar-refractivity contribution in [3.63, 3.8) is 0 Å². The van der Waals surface area contributed by atoms with Crippen molar-refractivity contribution in [3.05, 3.63) is 215 Å². The Labute approximate surface area is 329 Å². The summed E-state index contributed by atoms with van der Waals surface area (Å²) in [6.07, 6.45) is 0.925. The van der Waals surface area contributed by atoms with E-state index >= 15 is 0 Å². The maximum Gasteiger partial charge on any atom is 0.233 e. The minimum absolute atomic E-state index is 0.00530. The number of hydrogen-bond donors (Lipinski definition) is 2. The lowest BCUT2D eigenvalue weighted by Crippen LogP contribution is -2.38. The van der Waals surface area contributed by atoms with E-state index in [0.29, 0.717) is 19.0 Å². The molecule has 0 fully saturated rings. The molecular weight excluding hydrogens is 708 g/mol. The second-order valence-corrected chi connectivity index (χ2v) is 16.0. The predicted octanol–water partition coefficient (Wildman–Crippen LogP) is 10.4. The molecule has 6 aromatic carbocycles. The minimum Gasteiger partial charge on any atom is -0.354 e. The van der Waals surface area contributed by atoms with Crippen LogP contribution in [0.25, 0.3) is 0 Å². The van der Waals surface area contributed by atoms with Gasteiger partial charge in [-0.2, -0.15) is 0 Å². The fourth-order valence-corrected chi connectivity index (χ4v) is 10.3. The molecule has 0 radical (unpaired) electrons. The minimum atomic E-state index is -0.405. The molecule has 0 saturated heterocycles. The van der Waals surface area contributed by atoms with Crippen LogP contribution in [0.15, 0.2) is 182 Å². The molecule has 6 heteroatoms. The van der Waals surface area contributed by atoms with Crippen molar-refractivity contribution >= 4 is 41.0 Å². The smallest absolute Gasteiger partial charge is 0.233 e. The Morgan fingerprint density at radius 1 is 0.509 bits per heavy atom. The SMILES string of the molecule is O=C(CNCC(CCl)CCSC(c1ccccc1)(c1ccccc1)c1ccccc1)NCCSC(c1ccccc1)(c1ccccc1)c1ccccc1. The van der Waals surface area contributed by atoms with E-state index in [1.54, 1.807) is 0 Å². The highest BCUT2D eigenvalue weighted by Crippen LogP contribution is 2.49. The van der Waals surface area contributed by atoms with Crippen LogP contribution in [0.5, 0.6) is 0 Å². The second-order valence-electron chi connectivity index (χ2n) is 13.0. The van der Waals surface area contributed by atoms with Gasteiger partial charge in [0.2, 0.25) is 5.91 Å². The largest absolute Gasteiger partial charge is 0.354 e. The highest BCUT2D eigenvalue weighted by molar-refractivity contribution is 8.00. The molecule has 53 heavy (non-hydrogen) atoms. The van der Waals surface area contributed by atoms with Crippen LogP contribution in [-0.4, -0.2) is 42.9 Å². The Morgan fingerprint density at radius 2 is 0.830 bits per heavy atom. The van der Waals surface area contributed by atoms with Crippen LogP contribution in [0.3, 0.4) is 0 Å². The highest BCUT2D eigenvalue weighted by atomic mass is 35.5. The maximum atomic E-state index is 13.0. The molecule has 6 aromatic rings. The molecule has 0 spiro atoms. The molecule has 0 heterocycles. The van der Waals surface area contributed by atoms with Gasteiger partial charge in [-0.15, -0.1) is 35.1 Å². The summed E-state index contributed by atoms with van der Waals surface area (Å²) in [5, 5.41) is 6.56. The Kier molecular flexibility index (Phi) is 14.3. The van der Waals surface area contributed by atoms with E-state index in [9.17, 15) is 4.79 Å². The van der Waals surface area contributed by atoms with E-state index < -0.39 is 4.75 Å². The van der Waals surface area contributed by atoms with E-state index in [4.69, 9.17) is 11.6 Å². The van der Waals surface area contributed by atoms with Gasteiger partial charge in [0.15, 0.2) is 0 Å². The van der Waals surface area contributed by atoms with Crippen LogP contribution in [-0.2, 0) is 14.3 Å². The molecule has 1 atom stereocenters. The molecule has 0 saturated carbocycles. The molecule has 270 valence electrons. The average Bonchev–Trinajstić information content (AvgIpc) is 3.24. The van der Waals surface area contributed by atoms with E-state index in [1.807, 2.05) is 23.5 Å². The number of carbonyl (C=O) groups excluding carboxylic acids is 1. The van der Waals surface area contributed by atoms with E-state index in [2.05, 4.69) is 193 Å². The molecule has 0 aromatic heterocycles. The normalized spacial score (nSPS) is 12.2. The summed E-state index contributed by atoms with van der Waals surface area (Å²) in [6.45, 7) is 1.50. The molecule has 0 aliphatic rings. The summed E-state index contributed by atoms with van der Waals surface area (Å²) in [7, 11) is 0. The van der Waals surface area contributed by atoms with Crippen molar-refractivity contribution in [3.8, 4) is 0 Å². The van der Waals surface area contributed by atoms with Gasteiger partial charge in [0.25, 0.3) is 0 Å². The fraction of sp³-hybridized carbons (Fsp3) is 0.213. The predicted molar refractivity (Wildman–Crippen MR) is 228 cm³/mol. The van der Waals surface area contributed by atoms with Gasteiger partial charge in [0.05, 0.1) is 16.0 Å². The first-order valence-electron chi connectivity index (χ1n) is 18.3. The first-order chi connectivity index (χ1) is 26.2. The van der Waals surface area contributed by atoms with Gasteiger partial charge in [-0.1, -0.05) is 182 Å². The Bertz CT molecular complexity index is 1740. The summed E-state index contributed by atoms with van der Waals surface area (Å²) in [5.74, 6) is 2.41. The summed E-state index contributed by atoms with van der Waals surface area (Å²) in [6, 6.07) is 64.3. The molecule has 0 aliphatic carbocycles. The van der Waals surface area contributed by atoms with Crippen LogP contribution in [0.1, 0.15) is 39.8 Å². The molecule has 3 nitrogen and oxygen atoms in total. The van der Waals surface area contributed by atoms with E-state index in [1.165, 1.54) is 33.4 Å². The molecule has 2 N–H and O–H groups in total. The average molecular weight is 755 g/mol. The van der Waals surface area contributed by atoms with Crippen LogP contribution >= 0.6 is 35.1 Å². The van der Waals surface area contributed by atoms with Gasteiger partial charge in [-0.05, 0) is 58.0 Å². The number of amides is 1. The number of alkyl halides is 1. The van der Waals surface area contributed by atoms with E-state index in [-0.39, 0.29) is 23.1 Å². The quantitative estimate of drug-likeness (QED) is 0.0491. The number of rotatable bonds is 19. The van der Waals surface area contributed by atoms with Crippen molar-refractivity contribution < 1.29 is 4.79 Å². The van der Waals surface area contributed by atoms with Gasteiger partial charge >= 0.3 is 0 Å². The third-order valence-electron chi connectivity index (χ3n) is 9.61. The van der Waals surface area contributed by atoms with Gasteiger partial charge in [-0.25, -0.2) is 0 Å². The van der Waals surface area contributed by atoms with Crippen LogP contribution in [0.2, 0.25) is 0 Å². The van der Waals surface area contributed by atoms with Gasteiger partial charge < -0.3 is 10.6 Å². The number of benzene rings is 6. The molecular formula is C47H47ClN2OS2. The zero-order chi connectivity index (χ0) is 36.6. The number of halogens is 1. The third kappa shape index (κ3) is 9.46. The Morgan fingerprint density at radius 3 is 1.15 bits per heavy atom. The summed E-state index contributed by atoms with van der Waals surface area (Å²) < 4.78 is -0.761. The van der Waals surface area contributed by atoms with Crippen LogP contribution < -0.4 is 10.6 Å². The monoisotopic (exact) mass is 754 g/mol. The Hall–Kier alpha value is -4.26. The summed E-state index contributed by atoms with van der Waals surface area (Å²) >= 11 is 10.3. The first-order valence-corrected chi connectivity index (χ1v) is 20.8. The van der Waals surface area contributed by atoms with Gasteiger partial charge in [-0.3, -0.25) is 4.79 Å². The van der Waals surface area contributed by atoms with Crippen LogP contribution in [0, 0.1) is 5.92 Å². The number of hydrogen-bond acceptors (Lipinski definition) is 4. The van der Waals surface area contributed by atoms with Crippen molar-refractivity contribution in [1.29, 1.82) is 0 Å². The fourth-order valence-electron chi connectivity index (χ4n) is 7.00. The highest BCUT2D eigenvalue weighted by Gasteiger charge is 2.38. The van der Waals surface area contributed by atoms with Gasteiger partial charge in [0.1, 0.15) is 0 Å². The van der Waals surface area contributed by atoms with E-state index in [0.717, 1.165) is 17.9 Å². The van der Waals surface area contributed by atoms with Crippen molar-refractivity contribution in [1.82, 2.24) is 10.6 Å². The number of carbonyl (C=O) groups is 1. The van der Waals surface area contributed by atoms with Gasteiger partial charge in [0, 0.05) is 18.2 Å². The zero-order valence-electron chi connectivity index (χ0n) is 30.0. The summed E-state index contributed by atoms with van der Waals surface area (Å²) in [5.41, 5.74) is 7.42. The first kappa shape index (κ1) is 38.5. The van der Waals surface area contributed by atoms with Crippen molar-refractivity contribution in [2.24, 2.45) is 5.92 Å². The number of nitrogens with one attached hydrogen (secondary N) is 2. The molecule has 0 aliphatic heterocycles. The topological polar surface area (TPSA) is 41.1 Å². The van der Waals surface area contributed by atoms with Crippen molar-refractivity contribution in [2.75, 3.05) is 37.0 Å². The molecule has 0 bridgehead atoms. The standard InChI is InChI=1S/C47H47ClN2OS2/c48-35-38(31-33-52-46(39-19-7-1-8-20-39,40-21-9-2-10-22-40)41-23-11-3-12-24-41)36-49-37-45(51)50-32-34-53-47(42-25-13-4-14-26-42,43-27-15-5-16-28-43)44-29-17-6-18-30-44/h1-30,38,49H,31-37H2,(H,50,51). The zero-order valence-corrected chi connectivity index (χ0v) is 32.3. The lowest BCUT2D eigenvalue weighted by atomic mass is 9.84. The molecule has 1 amide bonds. The second kappa shape index (κ2) is 19.7. The molecule has 1 unspecified atom stereocenters. The maximum absolute atomic E-state index is 13.0. The lowest BCUT2D eigenvalue weighted by Gasteiger charge is -2.36. The van der Waals surface area contributed by atoms with Crippen molar-refractivity contribution in [2.45, 2.75) is 15.9 Å². The number of thioether (sulfide) groups is 2. The molecule has 6 rings (SSSR count). The Balaban J connectivity index is 1.05. The summed E-state index contributed by atoms with van der Waals surface area (Å²) in [4.78, 5) is 13.0. The van der Waals surface area contributed by atoms with Crippen LogP contribution in [0.4, 0.5) is 0 Å². The lowest BCUT2D eigenvalue weighted by molar-refractivity contribution is -0.120. The third-order valence-corrected chi connectivity index (χ3v) is 13.2.